The smallest absolute Gasteiger partial charge is 0.307 e. The van der Waals surface area contributed by atoms with Gasteiger partial charge in [0.2, 0.25) is 0 Å². The summed E-state index contributed by atoms with van der Waals surface area (Å²) in [5.74, 6) is -4.17. The van der Waals surface area contributed by atoms with Crippen molar-refractivity contribution in [2.24, 2.45) is 11.8 Å². The summed E-state index contributed by atoms with van der Waals surface area (Å²) in [6.45, 7) is 0. The molecule has 1 unspecified atom stereocenters. The molecule has 1 aromatic carbocycles. The lowest BCUT2D eigenvalue weighted by atomic mass is 9.72. The van der Waals surface area contributed by atoms with Crippen molar-refractivity contribution in [1.29, 1.82) is 0 Å². The minimum atomic E-state index is -1.07. The van der Waals surface area contributed by atoms with E-state index in [-0.39, 0.29) is 18.2 Å². The van der Waals surface area contributed by atoms with Gasteiger partial charge in [-0.3, -0.25) is 9.59 Å². The maximum atomic E-state index is 12.9. The SMILES string of the molecule is O=C(O)[C@H]1CCC(c2ccc(F)cc2)C[C@H]1C(=O)O. The van der Waals surface area contributed by atoms with Crippen molar-refractivity contribution in [2.45, 2.75) is 25.2 Å². The Balaban J connectivity index is 2.17. The molecule has 5 heteroatoms. The van der Waals surface area contributed by atoms with Crippen LogP contribution in [0.3, 0.4) is 0 Å². The maximum Gasteiger partial charge on any atom is 0.307 e. The Bertz CT molecular complexity index is 483. The molecule has 0 aliphatic heterocycles. The first-order valence-corrected chi connectivity index (χ1v) is 6.20. The zero-order chi connectivity index (χ0) is 14.0. The van der Waals surface area contributed by atoms with Crippen LogP contribution in [0, 0.1) is 17.7 Å². The maximum absolute atomic E-state index is 12.9. The molecule has 3 atom stereocenters. The van der Waals surface area contributed by atoms with Crippen LogP contribution in [-0.4, -0.2) is 22.2 Å². The van der Waals surface area contributed by atoms with Gasteiger partial charge in [0.25, 0.3) is 0 Å². The van der Waals surface area contributed by atoms with E-state index in [0.717, 1.165) is 5.56 Å². The molecule has 0 radical (unpaired) electrons. The molecule has 1 aliphatic carbocycles. The zero-order valence-corrected chi connectivity index (χ0v) is 10.3. The van der Waals surface area contributed by atoms with Crippen molar-refractivity contribution in [3.05, 3.63) is 35.6 Å². The van der Waals surface area contributed by atoms with E-state index in [9.17, 15) is 14.0 Å². The monoisotopic (exact) mass is 266 g/mol. The third-order valence-electron chi connectivity index (χ3n) is 3.83. The Morgan fingerprint density at radius 3 is 2.11 bits per heavy atom. The Labute approximate surface area is 109 Å². The van der Waals surface area contributed by atoms with Gasteiger partial charge in [-0.05, 0) is 42.9 Å². The number of hydrogen-bond donors (Lipinski definition) is 2. The number of carbonyl (C=O) groups is 2. The molecule has 4 nitrogen and oxygen atoms in total. The van der Waals surface area contributed by atoms with E-state index in [1.807, 2.05) is 0 Å². The molecular formula is C14H15FO4. The molecule has 0 aromatic heterocycles. The number of benzene rings is 1. The number of carboxylic acid groups (broad SMARTS) is 2. The van der Waals surface area contributed by atoms with E-state index in [1.165, 1.54) is 12.1 Å². The van der Waals surface area contributed by atoms with Crippen molar-refractivity contribution in [1.82, 2.24) is 0 Å². The van der Waals surface area contributed by atoms with Gasteiger partial charge in [-0.15, -0.1) is 0 Å². The quantitative estimate of drug-likeness (QED) is 0.881. The molecule has 1 saturated carbocycles. The molecule has 1 fully saturated rings. The summed E-state index contributed by atoms with van der Waals surface area (Å²) in [5.41, 5.74) is 0.872. The fraction of sp³-hybridized carbons (Fsp3) is 0.429. The highest BCUT2D eigenvalue weighted by Gasteiger charge is 2.39. The van der Waals surface area contributed by atoms with Gasteiger partial charge in [-0.25, -0.2) is 4.39 Å². The fourth-order valence-electron chi connectivity index (χ4n) is 2.78. The highest BCUT2D eigenvalue weighted by Crippen LogP contribution is 2.39. The largest absolute Gasteiger partial charge is 0.481 e. The van der Waals surface area contributed by atoms with Crippen molar-refractivity contribution in [3.63, 3.8) is 0 Å². The number of carboxylic acids is 2. The third kappa shape index (κ3) is 2.92. The molecule has 0 saturated heterocycles. The fourth-order valence-corrected chi connectivity index (χ4v) is 2.78. The summed E-state index contributed by atoms with van der Waals surface area (Å²) < 4.78 is 12.9. The van der Waals surface area contributed by atoms with Crippen LogP contribution in [0.25, 0.3) is 0 Å². The van der Waals surface area contributed by atoms with Gasteiger partial charge in [0, 0.05) is 0 Å². The molecule has 19 heavy (non-hydrogen) atoms. The predicted molar refractivity (Wildman–Crippen MR) is 65.2 cm³/mol. The van der Waals surface area contributed by atoms with Crippen molar-refractivity contribution >= 4 is 11.9 Å². The van der Waals surface area contributed by atoms with Gasteiger partial charge >= 0.3 is 11.9 Å². The summed E-state index contributed by atoms with van der Waals surface area (Å²) in [6, 6.07) is 5.96. The summed E-state index contributed by atoms with van der Waals surface area (Å²) in [7, 11) is 0. The van der Waals surface area contributed by atoms with E-state index in [2.05, 4.69) is 0 Å². The topological polar surface area (TPSA) is 74.6 Å². The molecule has 1 aliphatic rings. The lowest BCUT2D eigenvalue weighted by molar-refractivity contribution is -0.155. The van der Waals surface area contributed by atoms with Crippen LogP contribution >= 0.6 is 0 Å². The van der Waals surface area contributed by atoms with Gasteiger partial charge in [-0.2, -0.15) is 0 Å². The minimum Gasteiger partial charge on any atom is -0.481 e. The summed E-state index contributed by atoms with van der Waals surface area (Å²) in [5, 5.41) is 18.2. The second kappa shape index (κ2) is 5.38. The van der Waals surface area contributed by atoms with E-state index in [4.69, 9.17) is 10.2 Å². The van der Waals surface area contributed by atoms with Gasteiger partial charge in [0.15, 0.2) is 0 Å². The molecule has 2 N–H and O–H groups in total. The van der Waals surface area contributed by atoms with Gasteiger partial charge in [0.1, 0.15) is 5.82 Å². The van der Waals surface area contributed by atoms with Crippen molar-refractivity contribution in [2.75, 3.05) is 0 Å². The molecule has 0 bridgehead atoms. The third-order valence-corrected chi connectivity index (χ3v) is 3.83. The van der Waals surface area contributed by atoms with Crippen molar-refractivity contribution < 1.29 is 24.2 Å². The average Bonchev–Trinajstić information content (AvgIpc) is 2.38. The van der Waals surface area contributed by atoms with Crippen molar-refractivity contribution in [3.8, 4) is 0 Å². The first-order valence-electron chi connectivity index (χ1n) is 6.20. The predicted octanol–water partition coefficient (Wildman–Crippen LogP) is 2.49. The summed E-state index contributed by atoms with van der Waals surface area (Å²) in [4.78, 5) is 22.2. The van der Waals surface area contributed by atoms with Crippen LogP contribution in [0.5, 0.6) is 0 Å². The number of hydrogen-bond acceptors (Lipinski definition) is 2. The Morgan fingerprint density at radius 2 is 1.58 bits per heavy atom. The van der Waals surface area contributed by atoms with Crippen LogP contribution < -0.4 is 0 Å². The van der Waals surface area contributed by atoms with Crippen LogP contribution in [0.1, 0.15) is 30.7 Å². The number of rotatable bonds is 3. The highest BCUT2D eigenvalue weighted by atomic mass is 19.1. The number of halogens is 1. The lowest BCUT2D eigenvalue weighted by Gasteiger charge is -2.31. The Kier molecular flexibility index (Phi) is 3.83. The van der Waals surface area contributed by atoms with Crippen LogP contribution in [-0.2, 0) is 9.59 Å². The number of aliphatic carboxylic acids is 2. The minimum absolute atomic E-state index is 0.0164. The normalized spacial score (nSPS) is 26.9. The summed E-state index contributed by atoms with van der Waals surface area (Å²) in [6.07, 6.45) is 1.25. The average molecular weight is 266 g/mol. The van der Waals surface area contributed by atoms with Crippen LogP contribution in [0.15, 0.2) is 24.3 Å². The molecule has 2 rings (SSSR count). The Hall–Kier alpha value is -1.91. The van der Waals surface area contributed by atoms with Gasteiger partial charge < -0.3 is 10.2 Å². The molecule has 1 aromatic rings. The Morgan fingerprint density at radius 1 is 1.00 bits per heavy atom. The van der Waals surface area contributed by atoms with E-state index in [1.54, 1.807) is 12.1 Å². The van der Waals surface area contributed by atoms with E-state index in [0.29, 0.717) is 12.8 Å². The van der Waals surface area contributed by atoms with Gasteiger partial charge in [0.05, 0.1) is 11.8 Å². The molecular weight excluding hydrogens is 251 g/mol. The van der Waals surface area contributed by atoms with Crippen LogP contribution in [0.4, 0.5) is 4.39 Å². The molecule has 0 spiro atoms. The zero-order valence-electron chi connectivity index (χ0n) is 10.3. The van der Waals surface area contributed by atoms with E-state index >= 15 is 0 Å². The van der Waals surface area contributed by atoms with Gasteiger partial charge in [-0.1, -0.05) is 12.1 Å². The van der Waals surface area contributed by atoms with E-state index < -0.39 is 23.8 Å². The van der Waals surface area contributed by atoms with Crippen LogP contribution in [0.2, 0.25) is 0 Å². The molecule has 102 valence electrons. The lowest BCUT2D eigenvalue weighted by Crippen LogP contribution is -2.35. The summed E-state index contributed by atoms with van der Waals surface area (Å²) >= 11 is 0. The second-order valence-corrected chi connectivity index (χ2v) is 4.95. The highest BCUT2D eigenvalue weighted by molar-refractivity contribution is 5.80. The molecule has 0 heterocycles. The molecule has 0 amide bonds. The first-order chi connectivity index (χ1) is 8.99. The first kappa shape index (κ1) is 13.5. The standard InChI is InChI=1S/C14H15FO4/c15-10-4-1-8(2-5-10)9-3-6-11(13(16)17)12(7-9)14(18)19/h1-2,4-5,9,11-12H,3,6-7H2,(H,16,17)(H,18,19)/t9?,11-,12+/m0/s1. The second-order valence-electron chi connectivity index (χ2n) is 4.95.